The third kappa shape index (κ3) is 6.84. The van der Waals surface area contributed by atoms with Crippen molar-refractivity contribution < 1.29 is 28.5 Å². The molecule has 202 valence electrons. The van der Waals surface area contributed by atoms with Gasteiger partial charge in [-0.1, -0.05) is 48.5 Å². The van der Waals surface area contributed by atoms with Crippen LogP contribution in [0.1, 0.15) is 44.2 Å². The van der Waals surface area contributed by atoms with Gasteiger partial charge in [-0.3, -0.25) is 0 Å². The van der Waals surface area contributed by atoms with E-state index in [0.29, 0.717) is 39.5 Å². The van der Waals surface area contributed by atoms with Gasteiger partial charge in [-0.15, -0.1) is 0 Å². The Hall–Kier alpha value is -3.13. The molecule has 3 aromatic carbocycles. The highest BCUT2D eigenvalue weighted by Crippen LogP contribution is 2.33. The third-order valence-electron chi connectivity index (χ3n) is 6.87. The Labute approximate surface area is 224 Å². The number of fused-ring (bicyclic) bond motifs is 1. The van der Waals surface area contributed by atoms with Crippen molar-refractivity contribution in [2.75, 3.05) is 32.9 Å². The number of carbonyl (C=O) groups excluding carboxylic acids is 1. The number of rotatable bonds is 7. The summed E-state index contributed by atoms with van der Waals surface area (Å²) in [6.07, 6.45) is 0.0101. The second-order valence-corrected chi connectivity index (χ2v) is 10.9. The minimum Gasteiger partial charge on any atom is -0.488 e. The second kappa shape index (κ2) is 11.7. The molecule has 3 aromatic rings. The predicted molar refractivity (Wildman–Crippen MR) is 145 cm³/mol. The lowest BCUT2D eigenvalue weighted by atomic mass is 9.87. The summed E-state index contributed by atoms with van der Waals surface area (Å²) in [7, 11) is 0. The molecule has 2 saturated heterocycles. The van der Waals surface area contributed by atoms with Crippen LogP contribution in [0.15, 0.2) is 66.7 Å². The van der Waals surface area contributed by atoms with E-state index >= 15 is 0 Å². The van der Waals surface area contributed by atoms with Gasteiger partial charge in [0.25, 0.3) is 0 Å². The van der Waals surface area contributed by atoms with Crippen LogP contribution in [0, 0.1) is 0 Å². The Balaban J connectivity index is 1.28. The SMILES string of the molecule is CC(C)(C)OC(=O)N1CCC(c2ccc(OCC3OCCO3)cc2)C(OCc2ccc3ccccc3c2)C1. The average molecular weight is 520 g/mol. The Morgan fingerprint density at radius 2 is 1.71 bits per heavy atom. The highest BCUT2D eigenvalue weighted by Gasteiger charge is 2.35. The molecular weight excluding hydrogens is 482 g/mol. The molecule has 0 aromatic heterocycles. The maximum absolute atomic E-state index is 12.9. The molecule has 0 radical (unpaired) electrons. The summed E-state index contributed by atoms with van der Waals surface area (Å²) in [5.74, 6) is 0.914. The van der Waals surface area contributed by atoms with Gasteiger partial charge in [0, 0.05) is 12.5 Å². The van der Waals surface area contributed by atoms with Crippen molar-refractivity contribution in [1.82, 2.24) is 4.90 Å². The van der Waals surface area contributed by atoms with Gasteiger partial charge in [0.05, 0.1) is 32.5 Å². The van der Waals surface area contributed by atoms with E-state index in [9.17, 15) is 4.79 Å². The molecule has 1 amide bonds. The normalized spacial score (nSPS) is 20.6. The van der Waals surface area contributed by atoms with E-state index in [1.165, 1.54) is 10.8 Å². The molecule has 0 spiro atoms. The number of nitrogens with zero attached hydrogens (tertiary/aromatic N) is 1. The molecule has 2 atom stereocenters. The van der Waals surface area contributed by atoms with Crippen LogP contribution in [0.3, 0.4) is 0 Å². The maximum atomic E-state index is 12.9. The van der Waals surface area contributed by atoms with Gasteiger partial charge in [-0.05, 0) is 67.3 Å². The van der Waals surface area contributed by atoms with Crippen molar-refractivity contribution in [1.29, 1.82) is 0 Å². The van der Waals surface area contributed by atoms with Gasteiger partial charge in [-0.25, -0.2) is 4.79 Å². The summed E-state index contributed by atoms with van der Waals surface area (Å²) >= 11 is 0. The van der Waals surface area contributed by atoms with E-state index in [0.717, 1.165) is 23.3 Å². The number of carbonyl (C=O) groups is 1. The quantitative estimate of drug-likeness (QED) is 0.387. The Kier molecular flexibility index (Phi) is 8.17. The summed E-state index contributed by atoms with van der Waals surface area (Å²) in [6.45, 7) is 8.80. The lowest BCUT2D eigenvalue weighted by molar-refractivity contribution is -0.0684. The van der Waals surface area contributed by atoms with Gasteiger partial charge in [0.1, 0.15) is 18.0 Å². The number of ether oxygens (including phenoxy) is 5. The van der Waals surface area contributed by atoms with Gasteiger partial charge in [0.2, 0.25) is 0 Å². The maximum Gasteiger partial charge on any atom is 0.410 e. The van der Waals surface area contributed by atoms with E-state index in [-0.39, 0.29) is 24.4 Å². The van der Waals surface area contributed by atoms with E-state index in [1.807, 2.05) is 45.0 Å². The molecule has 2 heterocycles. The van der Waals surface area contributed by atoms with Crippen LogP contribution in [-0.4, -0.2) is 61.9 Å². The Morgan fingerprint density at radius 1 is 0.974 bits per heavy atom. The first-order chi connectivity index (χ1) is 18.3. The van der Waals surface area contributed by atoms with Crippen LogP contribution in [0.25, 0.3) is 10.8 Å². The minimum absolute atomic E-state index is 0.143. The largest absolute Gasteiger partial charge is 0.488 e. The molecule has 38 heavy (non-hydrogen) atoms. The molecule has 7 heteroatoms. The van der Waals surface area contributed by atoms with Crippen molar-refractivity contribution in [2.45, 2.75) is 57.7 Å². The Bertz CT molecular complexity index is 1220. The van der Waals surface area contributed by atoms with Crippen molar-refractivity contribution in [3.63, 3.8) is 0 Å². The van der Waals surface area contributed by atoms with Crippen molar-refractivity contribution >= 4 is 16.9 Å². The lowest BCUT2D eigenvalue weighted by Crippen LogP contribution is -2.48. The molecule has 2 aliphatic heterocycles. The first-order valence-corrected chi connectivity index (χ1v) is 13.4. The zero-order valence-corrected chi connectivity index (χ0v) is 22.4. The standard InChI is InChI=1S/C31H37NO6/c1-31(2,3)38-30(33)32-15-14-27(24-10-12-26(13-11-24)36-21-29-34-16-17-35-29)28(19-32)37-20-22-8-9-23-6-4-5-7-25(23)18-22/h4-13,18,27-29H,14-17,19-21H2,1-3H3. The number of hydrogen-bond donors (Lipinski definition) is 0. The van der Waals surface area contributed by atoms with Crippen LogP contribution in [0.4, 0.5) is 4.79 Å². The molecule has 2 aliphatic rings. The topological polar surface area (TPSA) is 66.5 Å². The number of piperidine rings is 1. The molecule has 2 unspecified atom stereocenters. The smallest absolute Gasteiger partial charge is 0.410 e. The van der Waals surface area contributed by atoms with Crippen LogP contribution >= 0.6 is 0 Å². The molecular formula is C31H37NO6. The zero-order valence-electron chi connectivity index (χ0n) is 22.4. The number of benzene rings is 3. The highest BCUT2D eigenvalue weighted by molar-refractivity contribution is 5.82. The monoisotopic (exact) mass is 519 g/mol. The highest BCUT2D eigenvalue weighted by atomic mass is 16.7. The van der Waals surface area contributed by atoms with Crippen LogP contribution in [0.2, 0.25) is 0 Å². The van der Waals surface area contributed by atoms with Crippen molar-refractivity contribution in [3.05, 3.63) is 77.9 Å². The van der Waals surface area contributed by atoms with Gasteiger partial charge in [0.15, 0.2) is 6.29 Å². The summed E-state index contributed by atoms with van der Waals surface area (Å²) in [4.78, 5) is 14.6. The minimum atomic E-state index is -0.542. The molecule has 0 aliphatic carbocycles. The van der Waals surface area contributed by atoms with E-state index in [4.69, 9.17) is 23.7 Å². The predicted octanol–water partition coefficient (Wildman–Crippen LogP) is 5.90. The summed E-state index contributed by atoms with van der Waals surface area (Å²) < 4.78 is 28.9. The van der Waals surface area contributed by atoms with Gasteiger partial charge >= 0.3 is 6.09 Å². The molecule has 0 saturated carbocycles. The summed E-state index contributed by atoms with van der Waals surface area (Å²) in [5, 5.41) is 2.39. The zero-order chi connectivity index (χ0) is 26.5. The number of likely N-dealkylation sites (tertiary alicyclic amines) is 1. The molecule has 5 rings (SSSR count). The lowest BCUT2D eigenvalue weighted by Gasteiger charge is -2.39. The second-order valence-electron chi connectivity index (χ2n) is 10.9. The first kappa shape index (κ1) is 26.5. The summed E-state index contributed by atoms with van der Waals surface area (Å²) in [6, 6.07) is 22.8. The first-order valence-electron chi connectivity index (χ1n) is 13.4. The van der Waals surface area contributed by atoms with E-state index in [1.54, 1.807) is 4.90 Å². The fraction of sp³-hybridized carbons (Fsp3) is 0.452. The molecule has 2 fully saturated rings. The van der Waals surface area contributed by atoms with E-state index < -0.39 is 5.60 Å². The van der Waals surface area contributed by atoms with Crippen molar-refractivity contribution in [2.24, 2.45) is 0 Å². The van der Waals surface area contributed by atoms with Crippen molar-refractivity contribution in [3.8, 4) is 5.75 Å². The van der Waals surface area contributed by atoms with Gasteiger partial charge < -0.3 is 28.6 Å². The average Bonchev–Trinajstić information content (AvgIpc) is 3.44. The van der Waals surface area contributed by atoms with Crippen LogP contribution in [0.5, 0.6) is 5.75 Å². The fourth-order valence-electron chi connectivity index (χ4n) is 4.97. The third-order valence-corrected chi connectivity index (χ3v) is 6.87. The molecule has 0 bridgehead atoms. The fourth-order valence-corrected chi connectivity index (χ4v) is 4.97. The van der Waals surface area contributed by atoms with Crippen LogP contribution < -0.4 is 4.74 Å². The Morgan fingerprint density at radius 3 is 2.45 bits per heavy atom. The van der Waals surface area contributed by atoms with Gasteiger partial charge in [-0.2, -0.15) is 0 Å². The summed E-state index contributed by atoms with van der Waals surface area (Å²) in [5.41, 5.74) is 1.73. The van der Waals surface area contributed by atoms with E-state index in [2.05, 4.69) is 42.5 Å². The molecule has 0 N–H and O–H groups in total. The number of amides is 1. The van der Waals surface area contributed by atoms with Crippen LogP contribution in [-0.2, 0) is 25.6 Å². The molecule has 7 nitrogen and oxygen atoms in total. The number of hydrogen-bond acceptors (Lipinski definition) is 6.